The highest BCUT2D eigenvalue weighted by Crippen LogP contribution is 2.51. The van der Waals surface area contributed by atoms with Gasteiger partial charge in [-0.2, -0.15) is 0 Å². The van der Waals surface area contributed by atoms with Gasteiger partial charge in [-0.3, -0.25) is 9.98 Å². The summed E-state index contributed by atoms with van der Waals surface area (Å²) >= 11 is 1.48. The van der Waals surface area contributed by atoms with Gasteiger partial charge in [0, 0.05) is 35.4 Å². The molecule has 0 saturated heterocycles. The normalized spacial score (nSPS) is 26.4. The topological polar surface area (TPSA) is 71.5 Å². The van der Waals surface area contributed by atoms with Gasteiger partial charge >= 0.3 is 0 Å². The maximum absolute atomic E-state index is 14.4. The van der Waals surface area contributed by atoms with Crippen LogP contribution in [-0.4, -0.2) is 27.1 Å². The molecule has 1 aliphatic carbocycles. The van der Waals surface area contributed by atoms with Crippen LogP contribution in [0.3, 0.4) is 0 Å². The highest BCUT2D eigenvalue weighted by atomic mass is 35.5. The van der Waals surface area contributed by atoms with Crippen LogP contribution in [0.5, 0.6) is 0 Å². The second kappa shape index (κ2) is 8.31. The number of fused-ring (bicyclic) bond motifs is 1. The van der Waals surface area contributed by atoms with E-state index in [-0.39, 0.29) is 36.3 Å². The molecule has 1 aromatic heterocycles. The molecule has 2 aliphatic rings. The van der Waals surface area contributed by atoms with Gasteiger partial charge in [0.2, 0.25) is 0 Å². The third-order valence-electron chi connectivity index (χ3n) is 5.00. The monoisotopic (exact) mass is 433 g/mol. The van der Waals surface area contributed by atoms with E-state index < -0.39 is 23.3 Å². The summed E-state index contributed by atoms with van der Waals surface area (Å²) in [5.41, 5.74) is 6.73. The highest BCUT2D eigenvalue weighted by molar-refractivity contribution is 8.13. The molecule has 0 radical (unpaired) electrons. The molecule has 2 aromatic rings. The highest BCUT2D eigenvalue weighted by Gasteiger charge is 2.50. The molecule has 3 atom stereocenters. The first-order valence-corrected chi connectivity index (χ1v) is 9.03. The Bertz CT molecular complexity index is 870. The van der Waals surface area contributed by atoms with E-state index in [4.69, 9.17) is 5.73 Å². The minimum atomic E-state index is -0.655. The van der Waals surface area contributed by atoms with Crippen molar-refractivity contribution in [3.05, 3.63) is 53.9 Å². The predicted octanol–water partition coefficient (Wildman–Crippen LogP) is 3.90. The molecule has 1 saturated carbocycles. The van der Waals surface area contributed by atoms with Crippen molar-refractivity contribution in [3.8, 4) is 11.1 Å². The number of aliphatic hydroxyl groups excluding tert-OH is 1. The lowest BCUT2D eigenvalue weighted by Crippen LogP contribution is -2.36. The van der Waals surface area contributed by atoms with Crippen LogP contribution in [0.25, 0.3) is 11.1 Å². The van der Waals surface area contributed by atoms with Gasteiger partial charge in [-0.1, -0.05) is 17.8 Å². The Hall–Kier alpha value is -1.41. The van der Waals surface area contributed by atoms with Crippen molar-refractivity contribution < 1.29 is 13.9 Å². The van der Waals surface area contributed by atoms with Crippen LogP contribution in [0.2, 0.25) is 0 Å². The summed E-state index contributed by atoms with van der Waals surface area (Å²) in [5, 5.41) is 10.7. The number of aromatic nitrogens is 1. The Morgan fingerprint density at radius 2 is 1.96 bits per heavy atom. The van der Waals surface area contributed by atoms with Gasteiger partial charge in [0.25, 0.3) is 0 Å². The number of benzene rings is 1. The van der Waals surface area contributed by atoms with Crippen LogP contribution < -0.4 is 5.73 Å². The largest absolute Gasteiger partial charge is 0.393 e. The van der Waals surface area contributed by atoms with Gasteiger partial charge < -0.3 is 10.8 Å². The maximum Gasteiger partial charge on any atom is 0.154 e. The summed E-state index contributed by atoms with van der Waals surface area (Å²) in [5.74, 6) is -0.0832. The van der Waals surface area contributed by atoms with Crippen LogP contribution in [0.15, 0.2) is 41.7 Å². The van der Waals surface area contributed by atoms with Crippen molar-refractivity contribution in [2.24, 2.45) is 16.6 Å². The number of amidine groups is 1. The number of rotatable bonds is 2. The van der Waals surface area contributed by atoms with E-state index in [1.165, 1.54) is 30.1 Å². The summed E-state index contributed by atoms with van der Waals surface area (Å²) in [7, 11) is 0. The molecule has 9 heteroatoms. The van der Waals surface area contributed by atoms with E-state index in [0.29, 0.717) is 23.6 Å². The number of hydrogen-bond donors (Lipinski definition) is 2. The lowest BCUT2D eigenvalue weighted by atomic mass is 9.80. The van der Waals surface area contributed by atoms with Crippen molar-refractivity contribution in [1.82, 2.24) is 4.98 Å². The fourth-order valence-electron chi connectivity index (χ4n) is 3.88. The second-order valence-corrected chi connectivity index (χ2v) is 7.60. The molecule has 0 bridgehead atoms. The Labute approximate surface area is 172 Å². The van der Waals surface area contributed by atoms with Crippen LogP contribution >= 0.6 is 36.6 Å². The van der Waals surface area contributed by atoms with E-state index >= 15 is 0 Å². The number of pyridine rings is 1. The van der Waals surface area contributed by atoms with Crippen molar-refractivity contribution in [2.45, 2.75) is 24.5 Å². The SMILES string of the molecule is Cl.Cl.NC1=N[C@@]2(c3ccc(F)c(-c4cncc(F)c4)c3)C[C@H](O)C[C@H]2CS1. The van der Waals surface area contributed by atoms with E-state index in [2.05, 4.69) is 9.98 Å². The van der Waals surface area contributed by atoms with Gasteiger partial charge in [-0.25, -0.2) is 8.78 Å². The fourth-order valence-corrected chi connectivity index (χ4v) is 4.89. The van der Waals surface area contributed by atoms with E-state index in [9.17, 15) is 13.9 Å². The third kappa shape index (κ3) is 3.92. The number of nitrogens with zero attached hydrogens (tertiary/aromatic N) is 2. The molecule has 27 heavy (non-hydrogen) atoms. The Balaban J connectivity index is 0.00000131. The Morgan fingerprint density at radius 1 is 1.19 bits per heavy atom. The molecule has 4 nitrogen and oxygen atoms in total. The van der Waals surface area contributed by atoms with Crippen molar-refractivity contribution >= 4 is 41.7 Å². The number of hydrogen-bond acceptors (Lipinski definition) is 5. The molecule has 0 amide bonds. The van der Waals surface area contributed by atoms with E-state index in [1.807, 2.05) is 0 Å². The summed E-state index contributed by atoms with van der Waals surface area (Å²) in [6.45, 7) is 0. The molecule has 0 unspecified atom stereocenters. The molecule has 146 valence electrons. The minimum Gasteiger partial charge on any atom is -0.393 e. The predicted molar refractivity (Wildman–Crippen MR) is 109 cm³/mol. The van der Waals surface area contributed by atoms with Crippen molar-refractivity contribution in [1.29, 1.82) is 0 Å². The molecule has 0 spiro atoms. The first kappa shape index (κ1) is 21.9. The number of halogens is 4. The van der Waals surface area contributed by atoms with E-state index in [1.54, 1.807) is 12.1 Å². The summed E-state index contributed by atoms with van der Waals surface area (Å²) in [4.78, 5) is 8.46. The quantitative estimate of drug-likeness (QED) is 0.752. The molecule has 2 heterocycles. The summed E-state index contributed by atoms with van der Waals surface area (Å²) in [6.07, 6.45) is 3.13. The van der Waals surface area contributed by atoms with Crippen LogP contribution in [0.4, 0.5) is 8.78 Å². The zero-order chi connectivity index (χ0) is 17.6. The molecule has 1 aliphatic heterocycles. The van der Waals surface area contributed by atoms with Gasteiger partial charge in [0.15, 0.2) is 5.17 Å². The second-order valence-electron chi connectivity index (χ2n) is 6.56. The van der Waals surface area contributed by atoms with Crippen LogP contribution in [0.1, 0.15) is 18.4 Å². The molecule has 3 N–H and O–H groups in total. The minimum absolute atomic E-state index is 0. The lowest BCUT2D eigenvalue weighted by molar-refractivity contribution is 0.173. The first-order valence-electron chi connectivity index (χ1n) is 8.05. The zero-order valence-corrected chi connectivity index (χ0v) is 16.6. The van der Waals surface area contributed by atoms with Crippen molar-refractivity contribution in [3.63, 3.8) is 0 Å². The average Bonchev–Trinajstić information content (AvgIpc) is 2.91. The molecule has 1 fully saturated rings. The number of aliphatic hydroxyl groups is 1. The number of thioether (sulfide) groups is 1. The van der Waals surface area contributed by atoms with Gasteiger partial charge in [0.05, 0.1) is 17.8 Å². The summed E-state index contributed by atoms with van der Waals surface area (Å²) < 4.78 is 27.9. The van der Waals surface area contributed by atoms with Crippen LogP contribution in [0, 0.1) is 17.6 Å². The lowest BCUT2D eigenvalue weighted by Gasteiger charge is -2.35. The number of nitrogens with two attached hydrogens (primary N) is 1. The zero-order valence-electron chi connectivity index (χ0n) is 14.1. The maximum atomic E-state index is 14.4. The van der Waals surface area contributed by atoms with Crippen LogP contribution in [-0.2, 0) is 5.54 Å². The fraction of sp³-hybridized carbons (Fsp3) is 0.333. The standard InChI is InChI=1S/C18H17F2N3OS.2ClH/c19-13-3-10(7-22-8-13)15-5-11(1-2-16(15)20)18-6-14(24)4-12(18)9-25-17(21)23-18;;/h1-3,5,7-8,12,14,24H,4,6,9H2,(H2,21,23);2*1H/t12-,14+,18+;;/m0../s1. The Morgan fingerprint density at radius 3 is 2.70 bits per heavy atom. The third-order valence-corrected chi connectivity index (χ3v) is 5.96. The Kier molecular flexibility index (Phi) is 6.73. The van der Waals surface area contributed by atoms with Crippen molar-refractivity contribution in [2.75, 3.05) is 5.75 Å². The smallest absolute Gasteiger partial charge is 0.154 e. The van der Waals surface area contributed by atoms with Gasteiger partial charge in [0.1, 0.15) is 11.6 Å². The molecular formula is C18H19Cl2F2N3OS. The molecule has 4 rings (SSSR count). The number of aliphatic imine (C=N–C) groups is 1. The average molecular weight is 434 g/mol. The first-order chi connectivity index (χ1) is 12.0. The van der Waals surface area contributed by atoms with Gasteiger partial charge in [-0.05, 0) is 30.2 Å². The van der Waals surface area contributed by atoms with Gasteiger partial charge in [-0.15, -0.1) is 24.8 Å². The molecular weight excluding hydrogens is 415 g/mol. The molecule has 1 aromatic carbocycles. The van der Waals surface area contributed by atoms with E-state index in [0.717, 1.165) is 17.5 Å². The summed E-state index contributed by atoms with van der Waals surface area (Å²) in [6, 6.07) is 5.98.